The highest BCUT2D eigenvalue weighted by molar-refractivity contribution is 5.96. The zero-order chi connectivity index (χ0) is 14.8. The molecule has 0 bridgehead atoms. The van der Waals surface area contributed by atoms with Crippen LogP contribution in [0, 0.1) is 0 Å². The Bertz CT molecular complexity index is 558. The first kappa shape index (κ1) is 14.1. The van der Waals surface area contributed by atoms with Crippen molar-refractivity contribution in [3.8, 4) is 0 Å². The van der Waals surface area contributed by atoms with Crippen molar-refractivity contribution < 1.29 is 9.59 Å². The van der Waals surface area contributed by atoms with E-state index < -0.39 is 0 Å². The van der Waals surface area contributed by atoms with E-state index in [0.717, 1.165) is 19.3 Å². The van der Waals surface area contributed by atoms with Gasteiger partial charge in [-0.25, -0.2) is 4.79 Å². The van der Waals surface area contributed by atoms with Gasteiger partial charge in [-0.1, -0.05) is 24.3 Å². The van der Waals surface area contributed by atoms with Gasteiger partial charge >= 0.3 is 6.03 Å². The Morgan fingerprint density at radius 2 is 2.24 bits per heavy atom. The molecule has 1 N–H and O–H groups in total. The number of aryl methyl sites for hydroxylation is 1. The molecule has 1 aliphatic carbocycles. The van der Waals surface area contributed by atoms with Gasteiger partial charge in [-0.15, -0.1) is 0 Å². The molecule has 3 amide bonds. The van der Waals surface area contributed by atoms with Crippen LogP contribution in [0.15, 0.2) is 24.3 Å². The van der Waals surface area contributed by atoms with Gasteiger partial charge in [0.05, 0.1) is 6.54 Å². The first-order valence-electron chi connectivity index (χ1n) is 7.53. The Kier molecular flexibility index (Phi) is 3.92. The van der Waals surface area contributed by atoms with Crippen molar-refractivity contribution in [1.82, 2.24) is 15.1 Å². The molecular weight excluding hydrogens is 266 g/mol. The quantitative estimate of drug-likeness (QED) is 0.917. The molecule has 2 aliphatic rings. The summed E-state index contributed by atoms with van der Waals surface area (Å²) >= 11 is 0. The molecule has 21 heavy (non-hydrogen) atoms. The van der Waals surface area contributed by atoms with Crippen LogP contribution in [-0.4, -0.2) is 48.4 Å². The smallest absolute Gasteiger partial charge is 0.324 e. The molecule has 5 heteroatoms. The van der Waals surface area contributed by atoms with Crippen molar-refractivity contribution in [2.24, 2.45) is 0 Å². The summed E-state index contributed by atoms with van der Waals surface area (Å²) in [5.41, 5.74) is 2.71. The zero-order valence-corrected chi connectivity index (χ0v) is 12.3. The van der Waals surface area contributed by atoms with Crippen LogP contribution in [0.1, 0.15) is 30.0 Å². The second-order valence-electron chi connectivity index (χ2n) is 5.80. The molecule has 0 spiro atoms. The van der Waals surface area contributed by atoms with Crippen LogP contribution in [-0.2, 0) is 11.2 Å². The van der Waals surface area contributed by atoms with Gasteiger partial charge in [-0.2, -0.15) is 0 Å². The molecule has 1 aromatic carbocycles. The molecule has 0 unspecified atom stereocenters. The number of carbonyl (C=O) groups excluding carboxylic acids is 2. The highest BCUT2D eigenvalue weighted by Gasteiger charge is 2.30. The summed E-state index contributed by atoms with van der Waals surface area (Å²) < 4.78 is 0. The molecule has 5 nitrogen and oxygen atoms in total. The molecule has 0 saturated carbocycles. The third-order valence-electron chi connectivity index (χ3n) is 4.41. The molecule has 3 rings (SSSR count). The number of hydrogen-bond acceptors (Lipinski definition) is 3. The van der Waals surface area contributed by atoms with Crippen LogP contribution in [0.4, 0.5) is 4.79 Å². The Morgan fingerprint density at radius 1 is 1.43 bits per heavy atom. The van der Waals surface area contributed by atoms with Gasteiger partial charge in [-0.3, -0.25) is 14.6 Å². The summed E-state index contributed by atoms with van der Waals surface area (Å²) in [4.78, 5) is 27.2. The Labute approximate surface area is 124 Å². The highest BCUT2D eigenvalue weighted by Crippen LogP contribution is 2.33. The van der Waals surface area contributed by atoms with Crippen LogP contribution in [0.2, 0.25) is 0 Å². The number of likely N-dealkylation sites (N-methyl/N-ethyl adjacent to an activating group) is 1. The summed E-state index contributed by atoms with van der Waals surface area (Å²) in [5.74, 6) is -0.115. The molecule has 1 saturated heterocycles. The number of rotatable bonds is 3. The lowest BCUT2D eigenvalue weighted by Gasteiger charge is -2.33. The molecular formula is C16H21N3O2. The summed E-state index contributed by atoms with van der Waals surface area (Å²) in [6.45, 7) is 1.32. The lowest BCUT2D eigenvalue weighted by atomic mass is 9.87. The fourth-order valence-electron chi connectivity index (χ4n) is 3.30. The maximum atomic E-state index is 12.2. The van der Waals surface area contributed by atoms with Gasteiger partial charge in [0, 0.05) is 19.1 Å². The van der Waals surface area contributed by atoms with E-state index in [0.29, 0.717) is 13.1 Å². The SMILES string of the molecule is CN(CC(=O)N1CCNC1=O)[C@@H]1CCCc2ccccc21. The minimum Gasteiger partial charge on any atom is -0.336 e. The zero-order valence-electron chi connectivity index (χ0n) is 12.3. The van der Waals surface area contributed by atoms with Crippen molar-refractivity contribution >= 4 is 11.9 Å². The molecule has 1 atom stereocenters. The van der Waals surface area contributed by atoms with Crippen molar-refractivity contribution in [3.05, 3.63) is 35.4 Å². The standard InChI is InChI=1S/C16H21N3O2/c1-18(11-15(20)19-10-9-17-16(19)21)14-8-4-6-12-5-2-3-7-13(12)14/h2-3,5,7,14H,4,6,8-11H2,1H3,(H,17,21)/t14-/m1/s1. The average molecular weight is 287 g/mol. The summed E-state index contributed by atoms with van der Waals surface area (Å²) in [6.07, 6.45) is 3.32. The summed E-state index contributed by atoms with van der Waals surface area (Å²) in [7, 11) is 1.97. The van der Waals surface area contributed by atoms with Gasteiger partial charge in [0.25, 0.3) is 0 Å². The molecule has 1 aromatic rings. The fourth-order valence-corrected chi connectivity index (χ4v) is 3.30. The minimum atomic E-state index is -0.266. The normalized spacial score (nSPS) is 21.3. The number of urea groups is 1. The largest absolute Gasteiger partial charge is 0.336 e. The molecule has 112 valence electrons. The number of fused-ring (bicyclic) bond motifs is 1. The third-order valence-corrected chi connectivity index (χ3v) is 4.41. The van der Waals surface area contributed by atoms with E-state index in [2.05, 4.69) is 34.5 Å². The second kappa shape index (κ2) is 5.85. The summed E-state index contributed by atoms with van der Waals surface area (Å²) in [5, 5.41) is 2.67. The van der Waals surface area contributed by atoms with E-state index in [9.17, 15) is 9.59 Å². The number of amides is 3. The maximum Gasteiger partial charge on any atom is 0.324 e. The van der Waals surface area contributed by atoms with Gasteiger partial charge in [0.2, 0.25) is 5.91 Å². The Hall–Kier alpha value is -1.88. The maximum absolute atomic E-state index is 12.2. The number of imide groups is 1. The van der Waals surface area contributed by atoms with Gasteiger partial charge in [0.1, 0.15) is 0 Å². The number of nitrogens with zero attached hydrogens (tertiary/aromatic N) is 2. The number of nitrogens with one attached hydrogen (secondary N) is 1. The fraction of sp³-hybridized carbons (Fsp3) is 0.500. The Balaban J connectivity index is 1.70. The van der Waals surface area contributed by atoms with Crippen LogP contribution in [0.5, 0.6) is 0 Å². The first-order valence-corrected chi connectivity index (χ1v) is 7.53. The lowest BCUT2D eigenvalue weighted by Crippen LogP contribution is -2.42. The van der Waals surface area contributed by atoms with E-state index in [1.165, 1.54) is 16.0 Å². The predicted molar refractivity (Wildman–Crippen MR) is 79.9 cm³/mol. The topological polar surface area (TPSA) is 52.7 Å². The number of carbonyl (C=O) groups is 2. The predicted octanol–water partition coefficient (Wildman–Crippen LogP) is 1.55. The van der Waals surface area contributed by atoms with Gasteiger partial charge in [0.15, 0.2) is 0 Å². The van der Waals surface area contributed by atoms with Crippen molar-refractivity contribution in [1.29, 1.82) is 0 Å². The van der Waals surface area contributed by atoms with E-state index in [-0.39, 0.29) is 24.5 Å². The second-order valence-corrected chi connectivity index (χ2v) is 5.80. The van der Waals surface area contributed by atoms with E-state index in [1.54, 1.807) is 0 Å². The molecule has 1 fully saturated rings. The van der Waals surface area contributed by atoms with Gasteiger partial charge in [-0.05, 0) is 37.4 Å². The molecule has 1 heterocycles. The van der Waals surface area contributed by atoms with Crippen molar-refractivity contribution in [2.45, 2.75) is 25.3 Å². The minimum absolute atomic E-state index is 0.115. The van der Waals surface area contributed by atoms with E-state index in [4.69, 9.17) is 0 Å². The third kappa shape index (κ3) is 2.78. The molecule has 0 aromatic heterocycles. The van der Waals surface area contributed by atoms with Crippen LogP contribution < -0.4 is 5.32 Å². The Morgan fingerprint density at radius 3 is 3.00 bits per heavy atom. The van der Waals surface area contributed by atoms with Crippen LogP contribution in [0.25, 0.3) is 0 Å². The average Bonchev–Trinajstić information content (AvgIpc) is 2.92. The van der Waals surface area contributed by atoms with Crippen molar-refractivity contribution in [2.75, 3.05) is 26.7 Å². The number of benzene rings is 1. The van der Waals surface area contributed by atoms with Crippen LogP contribution >= 0.6 is 0 Å². The highest BCUT2D eigenvalue weighted by atomic mass is 16.2. The van der Waals surface area contributed by atoms with E-state index >= 15 is 0 Å². The van der Waals surface area contributed by atoms with E-state index in [1.807, 2.05) is 7.05 Å². The van der Waals surface area contributed by atoms with Crippen molar-refractivity contribution in [3.63, 3.8) is 0 Å². The number of hydrogen-bond donors (Lipinski definition) is 1. The summed E-state index contributed by atoms with van der Waals surface area (Å²) in [6, 6.07) is 8.46. The monoisotopic (exact) mass is 287 g/mol. The molecule has 0 radical (unpaired) electrons. The lowest BCUT2D eigenvalue weighted by molar-refractivity contribution is -0.129. The van der Waals surface area contributed by atoms with Gasteiger partial charge < -0.3 is 5.32 Å². The molecule has 1 aliphatic heterocycles. The van der Waals surface area contributed by atoms with Crippen LogP contribution in [0.3, 0.4) is 0 Å². The first-order chi connectivity index (χ1) is 10.2.